The molecule has 0 aliphatic rings. The molecule has 0 heterocycles. The third kappa shape index (κ3) is 7.09. The molecule has 2 aromatic rings. The Morgan fingerprint density at radius 2 is 1.55 bits per heavy atom. The minimum atomic E-state index is -2.88. The van der Waals surface area contributed by atoms with Crippen LogP contribution in [-0.4, -0.2) is 23.9 Å². The van der Waals surface area contributed by atoms with Crippen LogP contribution in [-0.2, 0) is 5.92 Å². The van der Waals surface area contributed by atoms with Gasteiger partial charge in [0.15, 0.2) is 0 Å². The molecule has 2 N–H and O–H groups in total. The normalized spacial score (nSPS) is 11.6. The number of hydrogen-bond donors (Lipinski definition) is 2. The van der Waals surface area contributed by atoms with E-state index in [-0.39, 0.29) is 5.56 Å². The van der Waals surface area contributed by atoms with Crippen molar-refractivity contribution in [2.24, 2.45) is 0 Å². The fourth-order valence-electron chi connectivity index (χ4n) is 2.92. The Morgan fingerprint density at radius 1 is 1.07 bits per heavy atom. The number of aliphatic hydroxyl groups is 2. The number of methoxy groups -OCH3 is 1. The number of ether oxygens (including phenoxy) is 1. The van der Waals surface area contributed by atoms with E-state index in [1.54, 1.807) is 12.1 Å². The van der Waals surface area contributed by atoms with Crippen molar-refractivity contribution in [2.45, 2.75) is 66.9 Å². The Hall–Kier alpha value is -1.98. The molecule has 0 radical (unpaired) electrons. The van der Waals surface area contributed by atoms with Crippen molar-refractivity contribution in [3.8, 4) is 16.9 Å². The summed E-state index contributed by atoms with van der Waals surface area (Å²) >= 11 is 0. The molecule has 5 heteroatoms. The molecule has 29 heavy (non-hydrogen) atoms. The second-order valence-electron chi connectivity index (χ2n) is 6.68. The van der Waals surface area contributed by atoms with E-state index in [0.717, 1.165) is 29.2 Å². The summed E-state index contributed by atoms with van der Waals surface area (Å²) in [4.78, 5) is 0. The van der Waals surface area contributed by atoms with Crippen molar-refractivity contribution in [1.82, 2.24) is 0 Å². The van der Waals surface area contributed by atoms with E-state index in [0.29, 0.717) is 11.3 Å². The van der Waals surface area contributed by atoms with E-state index in [4.69, 9.17) is 4.74 Å². The second kappa shape index (κ2) is 12.6. The van der Waals surface area contributed by atoms with Crippen LogP contribution < -0.4 is 4.74 Å². The number of hydrogen-bond acceptors (Lipinski definition) is 3. The van der Waals surface area contributed by atoms with Gasteiger partial charge in [-0.2, -0.15) is 0 Å². The molecule has 0 spiro atoms. The van der Waals surface area contributed by atoms with Crippen molar-refractivity contribution in [2.75, 3.05) is 13.7 Å². The third-order valence-electron chi connectivity index (χ3n) is 4.19. The molecule has 0 fully saturated rings. The van der Waals surface area contributed by atoms with Crippen LogP contribution in [0.3, 0.4) is 0 Å². The first kappa shape index (κ1) is 27.0. The van der Waals surface area contributed by atoms with Crippen LogP contribution >= 0.6 is 0 Å². The van der Waals surface area contributed by atoms with Gasteiger partial charge in [-0.1, -0.05) is 64.4 Å². The zero-order valence-electron chi connectivity index (χ0n) is 18.9. The first-order chi connectivity index (χ1) is 13.6. The molecule has 1 atom stereocenters. The molecule has 0 aliphatic carbocycles. The number of rotatable bonds is 5. The standard InChI is InChI=1S/C19H22F2O3.C3H8.C2H6/c1-11-9-15(12(2)18(24-4)17(11)16(23)10-22)13-5-7-14(8-6-13)19(3,20)21;1-3-2;1-2/h5-9,16,22-23H,10H2,1-4H3;3H2,1-2H3;1-2H3. The molecule has 0 saturated heterocycles. The highest BCUT2D eigenvalue weighted by Gasteiger charge is 2.24. The number of benzene rings is 2. The fourth-order valence-corrected chi connectivity index (χ4v) is 2.92. The summed E-state index contributed by atoms with van der Waals surface area (Å²) in [6.45, 7) is 12.4. The van der Waals surface area contributed by atoms with Crippen LogP contribution in [0.15, 0.2) is 30.3 Å². The Balaban J connectivity index is 0.00000143. The lowest BCUT2D eigenvalue weighted by atomic mass is 9.91. The largest absolute Gasteiger partial charge is 0.496 e. The van der Waals surface area contributed by atoms with Gasteiger partial charge >= 0.3 is 0 Å². The molecule has 2 aromatic carbocycles. The van der Waals surface area contributed by atoms with Crippen molar-refractivity contribution in [3.63, 3.8) is 0 Å². The van der Waals surface area contributed by atoms with E-state index < -0.39 is 18.6 Å². The molecular weight excluding hydrogens is 374 g/mol. The van der Waals surface area contributed by atoms with Gasteiger partial charge in [0.2, 0.25) is 0 Å². The predicted octanol–water partition coefficient (Wildman–Crippen LogP) is 6.56. The van der Waals surface area contributed by atoms with Gasteiger partial charge in [-0.25, -0.2) is 8.78 Å². The first-order valence-electron chi connectivity index (χ1n) is 10.1. The van der Waals surface area contributed by atoms with Gasteiger partial charge in [-0.15, -0.1) is 0 Å². The molecule has 0 aromatic heterocycles. The van der Waals surface area contributed by atoms with E-state index in [1.807, 2.05) is 33.8 Å². The smallest absolute Gasteiger partial charge is 0.270 e. The average Bonchev–Trinajstić information content (AvgIpc) is 2.70. The van der Waals surface area contributed by atoms with Crippen molar-refractivity contribution in [1.29, 1.82) is 0 Å². The number of aliphatic hydroxyl groups excluding tert-OH is 2. The van der Waals surface area contributed by atoms with Gasteiger partial charge in [0.05, 0.1) is 13.7 Å². The van der Waals surface area contributed by atoms with Gasteiger partial charge in [0.1, 0.15) is 11.9 Å². The fraction of sp³-hybridized carbons (Fsp3) is 0.500. The lowest BCUT2D eigenvalue weighted by molar-refractivity contribution is 0.0175. The molecule has 3 nitrogen and oxygen atoms in total. The SMILES string of the molecule is CC.CCC.COc1c(C)c(-c2ccc(C(C)(F)F)cc2)cc(C)c1C(O)CO. The summed E-state index contributed by atoms with van der Waals surface area (Å²) in [5.41, 5.74) is 3.66. The van der Waals surface area contributed by atoms with E-state index in [2.05, 4.69) is 13.8 Å². The minimum Gasteiger partial charge on any atom is -0.496 e. The zero-order chi connectivity index (χ0) is 22.8. The zero-order valence-corrected chi connectivity index (χ0v) is 18.9. The molecule has 0 amide bonds. The highest BCUT2D eigenvalue weighted by atomic mass is 19.3. The summed E-state index contributed by atoms with van der Waals surface area (Å²) < 4.78 is 32.1. The van der Waals surface area contributed by atoms with Crippen LogP contribution in [0.2, 0.25) is 0 Å². The highest BCUT2D eigenvalue weighted by molar-refractivity contribution is 5.73. The average molecular weight is 411 g/mol. The maximum Gasteiger partial charge on any atom is 0.270 e. The third-order valence-corrected chi connectivity index (χ3v) is 4.19. The lowest BCUT2D eigenvalue weighted by Crippen LogP contribution is -2.09. The summed E-state index contributed by atoms with van der Waals surface area (Å²) in [5, 5.41) is 19.3. The maximum absolute atomic E-state index is 13.4. The van der Waals surface area contributed by atoms with Gasteiger partial charge < -0.3 is 14.9 Å². The van der Waals surface area contributed by atoms with E-state index in [9.17, 15) is 19.0 Å². The topological polar surface area (TPSA) is 49.7 Å². The van der Waals surface area contributed by atoms with Crippen LogP contribution in [0.1, 0.15) is 69.4 Å². The van der Waals surface area contributed by atoms with E-state index in [1.165, 1.54) is 25.7 Å². The molecule has 2 rings (SSSR count). The molecule has 0 saturated carbocycles. The second-order valence-corrected chi connectivity index (χ2v) is 6.68. The molecule has 164 valence electrons. The van der Waals surface area contributed by atoms with Gasteiger partial charge in [0.25, 0.3) is 5.92 Å². The minimum absolute atomic E-state index is 0.0417. The summed E-state index contributed by atoms with van der Waals surface area (Å²) in [7, 11) is 1.50. The molecule has 0 aliphatic heterocycles. The van der Waals surface area contributed by atoms with Crippen molar-refractivity contribution >= 4 is 0 Å². The first-order valence-corrected chi connectivity index (χ1v) is 10.1. The Bertz CT molecular complexity index is 735. The number of alkyl halides is 2. The van der Waals surface area contributed by atoms with Crippen LogP contribution in [0.25, 0.3) is 11.1 Å². The Kier molecular flexibility index (Phi) is 11.7. The number of aryl methyl sites for hydroxylation is 1. The Labute approximate surface area is 174 Å². The van der Waals surface area contributed by atoms with Crippen LogP contribution in [0, 0.1) is 13.8 Å². The van der Waals surface area contributed by atoms with Crippen molar-refractivity contribution in [3.05, 3.63) is 52.6 Å². The van der Waals surface area contributed by atoms with Crippen LogP contribution in [0.5, 0.6) is 5.75 Å². The number of halogens is 2. The van der Waals surface area contributed by atoms with Gasteiger partial charge in [0, 0.05) is 18.1 Å². The monoisotopic (exact) mass is 410 g/mol. The summed E-state index contributed by atoms with van der Waals surface area (Å²) in [6.07, 6.45) is 0.217. The maximum atomic E-state index is 13.4. The van der Waals surface area contributed by atoms with Crippen LogP contribution in [0.4, 0.5) is 8.78 Å². The predicted molar refractivity (Wildman–Crippen MR) is 117 cm³/mol. The quantitative estimate of drug-likeness (QED) is 0.587. The summed E-state index contributed by atoms with van der Waals surface area (Å²) in [6, 6.07) is 7.98. The summed E-state index contributed by atoms with van der Waals surface area (Å²) in [5.74, 6) is -2.38. The van der Waals surface area contributed by atoms with Gasteiger partial charge in [-0.3, -0.25) is 0 Å². The Morgan fingerprint density at radius 3 is 1.93 bits per heavy atom. The lowest BCUT2D eigenvalue weighted by Gasteiger charge is -2.21. The molecular formula is C24H36F2O3. The van der Waals surface area contributed by atoms with Crippen molar-refractivity contribution < 1.29 is 23.7 Å². The highest BCUT2D eigenvalue weighted by Crippen LogP contribution is 2.39. The van der Waals surface area contributed by atoms with E-state index >= 15 is 0 Å². The molecule has 1 unspecified atom stereocenters. The van der Waals surface area contributed by atoms with Gasteiger partial charge in [-0.05, 0) is 36.1 Å². The molecule has 0 bridgehead atoms.